The first-order valence-corrected chi connectivity index (χ1v) is 8.14. The van der Waals surface area contributed by atoms with Crippen molar-refractivity contribution < 1.29 is 0 Å². The lowest BCUT2D eigenvalue weighted by Crippen LogP contribution is -2.02. The number of anilines is 4. The van der Waals surface area contributed by atoms with Gasteiger partial charge < -0.3 is 10.6 Å². The maximum absolute atomic E-state index is 8.99. The van der Waals surface area contributed by atoms with E-state index >= 15 is 0 Å². The number of nitriles is 1. The highest BCUT2D eigenvalue weighted by molar-refractivity contribution is 6.43. The number of rotatable bonds is 4. The molecule has 0 spiro atoms. The van der Waals surface area contributed by atoms with Crippen LogP contribution in [0.25, 0.3) is 0 Å². The van der Waals surface area contributed by atoms with Gasteiger partial charge in [0.2, 0.25) is 0 Å². The van der Waals surface area contributed by atoms with E-state index in [0.717, 1.165) is 5.69 Å². The SMILES string of the molecule is Cc1nc(Nc2cccc(C#N)c2)cc(Nc2cccc(Cl)c2Cl)n1. The van der Waals surface area contributed by atoms with Gasteiger partial charge in [0.15, 0.2) is 0 Å². The van der Waals surface area contributed by atoms with E-state index in [4.69, 9.17) is 28.5 Å². The molecule has 3 rings (SSSR count). The van der Waals surface area contributed by atoms with Crippen molar-refractivity contribution in [3.05, 3.63) is 70.0 Å². The van der Waals surface area contributed by atoms with Gasteiger partial charge in [-0.2, -0.15) is 5.26 Å². The van der Waals surface area contributed by atoms with E-state index in [1.165, 1.54) is 0 Å². The van der Waals surface area contributed by atoms with Crippen molar-refractivity contribution in [1.82, 2.24) is 9.97 Å². The number of benzene rings is 2. The molecular weight excluding hydrogens is 357 g/mol. The first kappa shape index (κ1) is 17.0. The lowest BCUT2D eigenvalue weighted by atomic mass is 10.2. The lowest BCUT2D eigenvalue weighted by Gasteiger charge is -2.12. The largest absolute Gasteiger partial charge is 0.340 e. The molecule has 0 atom stereocenters. The van der Waals surface area contributed by atoms with E-state index in [1.807, 2.05) is 12.1 Å². The Morgan fingerprint density at radius 2 is 1.68 bits per heavy atom. The number of hydrogen-bond acceptors (Lipinski definition) is 5. The summed E-state index contributed by atoms with van der Waals surface area (Å²) in [6, 6.07) is 16.4. The third-order valence-corrected chi connectivity index (χ3v) is 4.14. The van der Waals surface area contributed by atoms with E-state index in [1.54, 1.807) is 43.3 Å². The van der Waals surface area contributed by atoms with Crippen LogP contribution in [0.3, 0.4) is 0 Å². The molecule has 0 saturated carbocycles. The number of nitrogens with one attached hydrogen (secondary N) is 2. The molecule has 2 N–H and O–H groups in total. The monoisotopic (exact) mass is 369 g/mol. The molecule has 0 aliphatic rings. The summed E-state index contributed by atoms with van der Waals surface area (Å²) in [5.74, 6) is 1.76. The van der Waals surface area contributed by atoms with Crippen LogP contribution in [0, 0.1) is 18.3 Å². The fourth-order valence-electron chi connectivity index (χ4n) is 2.25. The Morgan fingerprint density at radius 3 is 2.44 bits per heavy atom. The van der Waals surface area contributed by atoms with Crippen LogP contribution in [0.15, 0.2) is 48.5 Å². The minimum atomic E-state index is 0.427. The Kier molecular flexibility index (Phi) is 5.03. The highest BCUT2D eigenvalue weighted by Crippen LogP contribution is 2.31. The van der Waals surface area contributed by atoms with Crippen molar-refractivity contribution in [1.29, 1.82) is 5.26 Å². The van der Waals surface area contributed by atoms with E-state index < -0.39 is 0 Å². The van der Waals surface area contributed by atoms with Crippen LogP contribution in [0.2, 0.25) is 10.0 Å². The summed E-state index contributed by atoms with van der Waals surface area (Å²) in [4.78, 5) is 8.72. The number of aryl methyl sites for hydroxylation is 1. The van der Waals surface area contributed by atoms with Crippen LogP contribution in [0.5, 0.6) is 0 Å². The zero-order chi connectivity index (χ0) is 17.8. The summed E-state index contributed by atoms with van der Waals surface area (Å²) in [6.45, 7) is 1.79. The van der Waals surface area contributed by atoms with Gasteiger partial charge in [0, 0.05) is 11.8 Å². The summed E-state index contributed by atoms with van der Waals surface area (Å²) in [6.07, 6.45) is 0. The number of halogens is 2. The minimum Gasteiger partial charge on any atom is -0.340 e. The van der Waals surface area contributed by atoms with Crippen LogP contribution in [0.4, 0.5) is 23.0 Å². The second-order valence-electron chi connectivity index (χ2n) is 5.23. The average Bonchev–Trinajstić information content (AvgIpc) is 2.59. The molecule has 0 aliphatic heterocycles. The second kappa shape index (κ2) is 7.39. The van der Waals surface area contributed by atoms with E-state index in [-0.39, 0.29) is 0 Å². The van der Waals surface area contributed by atoms with Gasteiger partial charge in [0.1, 0.15) is 17.5 Å². The molecular formula is C18H13Cl2N5. The molecule has 0 amide bonds. The van der Waals surface area contributed by atoms with Gasteiger partial charge in [0.25, 0.3) is 0 Å². The lowest BCUT2D eigenvalue weighted by molar-refractivity contribution is 1.06. The molecule has 0 fully saturated rings. The number of nitrogens with zero attached hydrogens (tertiary/aromatic N) is 3. The topological polar surface area (TPSA) is 73.6 Å². The fraction of sp³-hybridized carbons (Fsp3) is 0.0556. The van der Waals surface area contributed by atoms with Gasteiger partial charge in [-0.05, 0) is 37.3 Å². The highest BCUT2D eigenvalue weighted by atomic mass is 35.5. The van der Waals surface area contributed by atoms with Crippen molar-refractivity contribution in [2.24, 2.45) is 0 Å². The van der Waals surface area contributed by atoms with Gasteiger partial charge in [-0.15, -0.1) is 0 Å². The Bertz CT molecular complexity index is 966. The Labute approximate surface area is 155 Å². The smallest absolute Gasteiger partial charge is 0.136 e. The highest BCUT2D eigenvalue weighted by Gasteiger charge is 2.08. The van der Waals surface area contributed by atoms with Crippen LogP contribution in [-0.2, 0) is 0 Å². The Morgan fingerprint density at radius 1 is 0.960 bits per heavy atom. The predicted molar refractivity (Wildman–Crippen MR) is 101 cm³/mol. The molecule has 124 valence electrons. The standard InChI is InChI=1S/C18H13Cl2N5/c1-11-22-16(24-13-5-2-4-12(8-13)10-21)9-17(23-11)25-15-7-3-6-14(19)18(15)20/h2-9H,1H3,(H2,22,23,24,25). The van der Waals surface area contributed by atoms with Crippen molar-refractivity contribution in [2.75, 3.05) is 10.6 Å². The fourth-order valence-corrected chi connectivity index (χ4v) is 2.60. The van der Waals surface area contributed by atoms with Gasteiger partial charge in [-0.25, -0.2) is 9.97 Å². The molecule has 0 unspecified atom stereocenters. The summed E-state index contributed by atoms with van der Waals surface area (Å²) in [5.41, 5.74) is 1.99. The van der Waals surface area contributed by atoms with Crippen molar-refractivity contribution >= 4 is 46.2 Å². The molecule has 7 heteroatoms. The third kappa shape index (κ3) is 4.18. The normalized spacial score (nSPS) is 10.2. The third-order valence-electron chi connectivity index (χ3n) is 3.32. The molecule has 0 saturated heterocycles. The zero-order valence-corrected chi connectivity index (χ0v) is 14.7. The van der Waals surface area contributed by atoms with Gasteiger partial charge in [-0.3, -0.25) is 0 Å². The molecule has 3 aromatic rings. The van der Waals surface area contributed by atoms with E-state index in [2.05, 4.69) is 26.7 Å². The van der Waals surface area contributed by atoms with Crippen LogP contribution >= 0.6 is 23.2 Å². The molecule has 1 aromatic heterocycles. The molecule has 2 aromatic carbocycles. The zero-order valence-electron chi connectivity index (χ0n) is 13.2. The molecule has 1 heterocycles. The molecule has 0 bridgehead atoms. The van der Waals surface area contributed by atoms with Gasteiger partial charge >= 0.3 is 0 Å². The summed E-state index contributed by atoms with van der Waals surface area (Å²) < 4.78 is 0. The van der Waals surface area contributed by atoms with E-state index in [9.17, 15) is 0 Å². The maximum Gasteiger partial charge on any atom is 0.136 e. The van der Waals surface area contributed by atoms with Crippen LogP contribution < -0.4 is 10.6 Å². The predicted octanol–water partition coefficient (Wildman–Crippen LogP) is 5.45. The molecule has 25 heavy (non-hydrogen) atoms. The summed E-state index contributed by atoms with van der Waals surface area (Å²) >= 11 is 12.2. The van der Waals surface area contributed by atoms with Crippen LogP contribution in [0.1, 0.15) is 11.4 Å². The second-order valence-corrected chi connectivity index (χ2v) is 6.01. The van der Waals surface area contributed by atoms with Gasteiger partial charge in [0.05, 0.1) is 27.4 Å². The first-order chi connectivity index (χ1) is 12.0. The summed E-state index contributed by atoms with van der Waals surface area (Å²) in [7, 11) is 0. The minimum absolute atomic E-state index is 0.427. The number of hydrogen-bond donors (Lipinski definition) is 2. The van der Waals surface area contributed by atoms with Crippen molar-refractivity contribution in [2.45, 2.75) is 6.92 Å². The van der Waals surface area contributed by atoms with Crippen molar-refractivity contribution in [3.63, 3.8) is 0 Å². The van der Waals surface area contributed by atoms with Gasteiger partial charge in [-0.1, -0.05) is 35.3 Å². The van der Waals surface area contributed by atoms with Crippen molar-refractivity contribution in [3.8, 4) is 6.07 Å². The average molecular weight is 370 g/mol. The van der Waals surface area contributed by atoms with E-state index in [0.29, 0.717) is 38.8 Å². The molecule has 0 aliphatic carbocycles. The number of aromatic nitrogens is 2. The first-order valence-electron chi connectivity index (χ1n) is 7.39. The quantitative estimate of drug-likeness (QED) is 0.639. The van der Waals surface area contributed by atoms with Crippen LogP contribution in [-0.4, -0.2) is 9.97 Å². The maximum atomic E-state index is 8.99. The molecule has 0 radical (unpaired) electrons. The Balaban J connectivity index is 1.87. The molecule has 5 nitrogen and oxygen atoms in total. The Hall–Kier alpha value is -2.81. The summed E-state index contributed by atoms with van der Waals surface area (Å²) in [5, 5.41) is 16.2.